The predicted octanol–water partition coefficient (Wildman–Crippen LogP) is 5.27. The van der Waals surface area contributed by atoms with Crippen molar-refractivity contribution in [3.8, 4) is 22.6 Å². The molecule has 0 aromatic heterocycles. The Balaban J connectivity index is 1.59. The molecule has 1 aliphatic rings. The number of carbonyl (C=O) groups is 2. The van der Waals surface area contributed by atoms with Crippen LogP contribution in [0.4, 0.5) is 16.2 Å². The second-order valence-corrected chi connectivity index (χ2v) is 7.81. The average Bonchev–Trinajstić information content (AvgIpc) is 3.08. The highest BCUT2D eigenvalue weighted by atomic mass is 35.5. The van der Waals surface area contributed by atoms with Gasteiger partial charge in [-0.05, 0) is 55.3 Å². The summed E-state index contributed by atoms with van der Waals surface area (Å²) in [6.45, 7) is 3.51. The number of rotatable bonds is 5. The molecule has 4 rings (SSSR count). The molecule has 0 radical (unpaired) electrons. The van der Waals surface area contributed by atoms with Crippen LogP contribution < -0.4 is 15.2 Å². The van der Waals surface area contributed by atoms with E-state index in [2.05, 4.69) is 20.4 Å². The Hall–Kier alpha value is -4.37. The summed E-state index contributed by atoms with van der Waals surface area (Å²) in [6, 6.07) is 16.4. The molecule has 3 aromatic carbocycles. The number of ether oxygens (including phenoxy) is 1. The fourth-order valence-corrected chi connectivity index (χ4v) is 3.50. The number of phenolic OH excluding ortho intramolecular Hbond substituents is 1. The Kier molecular flexibility index (Phi) is 6.20. The van der Waals surface area contributed by atoms with Gasteiger partial charge in [0.15, 0.2) is 5.71 Å². The molecule has 0 spiro atoms. The van der Waals surface area contributed by atoms with Gasteiger partial charge in [-0.3, -0.25) is 10.2 Å². The maximum atomic E-state index is 12.9. The number of benzene rings is 3. The topological polar surface area (TPSA) is 124 Å². The highest BCUT2D eigenvalue weighted by molar-refractivity contribution is 6.71. The number of aryl methyl sites for hydroxylation is 1. The van der Waals surface area contributed by atoms with E-state index in [-0.39, 0.29) is 22.9 Å². The molecule has 34 heavy (non-hydrogen) atoms. The first kappa shape index (κ1) is 22.8. The van der Waals surface area contributed by atoms with Crippen molar-refractivity contribution in [1.29, 1.82) is 0 Å². The molecular weight excluding hydrogens is 460 g/mol. The van der Waals surface area contributed by atoms with Gasteiger partial charge in [-0.1, -0.05) is 41.9 Å². The van der Waals surface area contributed by atoms with Gasteiger partial charge in [0.2, 0.25) is 0 Å². The second kappa shape index (κ2) is 9.24. The zero-order valence-electron chi connectivity index (χ0n) is 18.1. The van der Waals surface area contributed by atoms with Crippen LogP contribution in [-0.4, -0.2) is 33.7 Å². The number of anilines is 2. The van der Waals surface area contributed by atoms with Gasteiger partial charge >= 0.3 is 12.1 Å². The standard InChI is InChI=1S/C24H19ClN4O5/c1-13-9-10-16(12-19(13)25)29-23(31)21(14(2)28-29)27-26-20-8-4-7-18(22(20)30)15-5-3-6-17(11-15)34-24(32)33/h3-12,26,30H,1-2H3,(H,32,33). The maximum absolute atomic E-state index is 12.9. The molecule has 0 unspecified atom stereocenters. The zero-order valence-corrected chi connectivity index (χ0v) is 18.9. The number of carbonyl (C=O) groups excluding carboxylic acids is 1. The summed E-state index contributed by atoms with van der Waals surface area (Å²) in [6.07, 6.45) is -1.44. The van der Waals surface area contributed by atoms with Crippen molar-refractivity contribution in [3.05, 3.63) is 71.2 Å². The number of halogens is 1. The van der Waals surface area contributed by atoms with E-state index < -0.39 is 12.1 Å². The number of amides is 1. The number of aromatic hydroxyl groups is 1. The lowest BCUT2D eigenvalue weighted by molar-refractivity contribution is -0.112. The Bertz CT molecular complexity index is 1370. The molecule has 10 heteroatoms. The van der Waals surface area contributed by atoms with Crippen LogP contribution in [0, 0.1) is 6.92 Å². The van der Waals surface area contributed by atoms with Gasteiger partial charge in [0.25, 0.3) is 0 Å². The van der Waals surface area contributed by atoms with Crippen molar-refractivity contribution in [3.63, 3.8) is 0 Å². The quantitative estimate of drug-likeness (QED) is 0.199. The first-order valence-electron chi connectivity index (χ1n) is 10.1. The maximum Gasteiger partial charge on any atom is 0.511 e. The van der Waals surface area contributed by atoms with Gasteiger partial charge in [0.05, 0.1) is 17.1 Å². The summed E-state index contributed by atoms with van der Waals surface area (Å²) >= 11 is 6.18. The molecule has 3 aromatic rings. The first-order chi connectivity index (χ1) is 16.2. The number of phenols is 1. The highest BCUT2D eigenvalue weighted by Crippen LogP contribution is 2.37. The van der Waals surface area contributed by atoms with E-state index in [9.17, 15) is 14.7 Å². The van der Waals surface area contributed by atoms with Crippen LogP contribution in [0.1, 0.15) is 12.5 Å². The number of carboxylic acid groups (broad SMARTS) is 1. The van der Waals surface area contributed by atoms with Gasteiger partial charge in [-0.15, -0.1) is 0 Å². The molecule has 172 valence electrons. The van der Waals surface area contributed by atoms with Gasteiger partial charge in [-0.25, -0.2) is 4.79 Å². The Morgan fingerprint density at radius 3 is 2.62 bits per heavy atom. The predicted molar refractivity (Wildman–Crippen MR) is 130 cm³/mol. The molecular formula is C24H19ClN4O5. The van der Waals surface area contributed by atoms with Gasteiger partial charge in [0, 0.05) is 10.6 Å². The zero-order chi connectivity index (χ0) is 24.4. The van der Waals surface area contributed by atoms with E-state index in [0.717, 1.165) is 5.56 Å². The number of hydrogen-bond acceptors (Lipinski definition) is 7. The lowest BCUT2D eigenvalue weighted by atomic mass is 10.0. The van der Waals surface area contributed by atoms with E-state index in [0.29, 0.717) is 27.5 Å². The van der Waals surface area contributed by atoms with E-state index >= 15 is 0 Å². The molecule has 9 nitrogen and oxygen atoms in total. The third-order valence-electron chi connectivity index (χ3n) is 5.06. The smallest absolute Gasteiger partial charge is 0.505 e. The summed E-state index contributed by atoms with van der Waals surface area (Å²) in [5, 5.41) is 29.8. The summed E-state index contributed by atoms with van der Waals surface area (Å²) in [4.78, 5) is 23.7. The number of hydrogen-bond donors (Lipinski definition) is 3. The fraction of sp³-hybridized carbons (Fsp3) is 0.0833. The van der Waals surface area contributed by atoms with Crippen molar-refractivity contribution >= 4 is 46.5 Å². The van der Waals surface area contributed by atoms with Crippen molar-refractivity contribution in [2.75, 3.05) is 10.4 Å². The van der Waals surface area contributed by atoms with Crippen LogP contribution in [0.3, 0.4) is 0 Å². The lowest BCUT2D eigenvalue weighted by Crippen LogP contribution is -2.28. The Labute approximate surface area is 199 Å². The van der Waals surface area contributed by atoms with Crippen LogP contribution in [0.25, 0.3) is 11.1 Å². The average molecular weight is 479 g/mol. The van der Waals surface area contributed by atoms with Gasteiger partial charge in [0.1, 0.15) is 11.5 Å². The summed E-state index contributed by atoms with van der Waals surface area (Å²) in [5.74, 6) is -0.469. The highest BCUT2D eigenvalue weighted by Gasteiger charge is 2.31. The Morgan fingerprint density at radius 2 is 1.88 bits per heavy atom. The van der Waals surface area contributed by atoms with Crippen LogP contribution in [0.15, 0.2) is 70.9 Å². The summed E-state index contributed by atoms with van der Waals surface area (Å²) in [5.41, 5.74) is 5.78. The SMILES string of the molecule is CC1=NN(c2ccc(C)c(Cl)c2)C(=O)C1=NNc1cccc(-c2cccc(OC(=O)O)c2)c1O. The number of hydrazone groups is 2. The van der Waals surface area contributed by atoms with Crippen molar-refractivity contribution in [1.82, 2.24) is 0 Å². The van der Waals surface area contributed by atoms with E-state index in [4.69, 9.17) is 16.7 Å². The Morgan fingerprint density at radius 1 is 1.12 bits per heavy atom. The normalized spacial score (nSPS) is 14.3. The monoisotopic (exact) mass is 478 g/mol. The molecule has 0 saturated heterocycles. The minimum Gasteiger partial charge on any atom is -0.505 e. The molecule has 1 heterocycles. The van der Waals surface area contributed by atoms with E-state index in [1.54, 1.807) is 55.5 Å². The molecule has 3 N–H and O–H groups in total. The lowest BCUT2D eigenvalue weighted by Gasteiger charge is -2.13. The van der Waals surface area contributed by atoms with E-state index in [1.807, 2.05) is 6.92 Å². The molecule has 0 bridgehead atoms. The third kappa shape index (κ3) is 4.55. The van der Waals surface area contributed by atoms with Gasteiger partial charge in [-0.2, -0.15) is 15.2 Å². The number of para-hydroxylation sites is 1. The molecule has 0 aliphatic carbocycles. The van der Waals surface area contributed by atoms with Crippen LogP contribution in [0.5, 0.6) is 11.5 Å². The van der Waals surface area contributed by atoms with Crippen LogP contribution in [-0.2, 0) is 4.79 Å². The molecule has 1 aliphatic heterocycles. The van der Waals surface area contributed by atoms with Crippen LogP contribution in [0.2, 0.25) is 5.02 Å². The minimum absolute atomic E-state index is 0.0818. The van der Waals surface area contributed by atoms with E-state index in [1.165, 1.54) is 17.1 Å². The summed E-state index contributed by atoms with van der Waals surface area (Å²) < 4.78 is 4.68. The minimum atomic E-state index is -1.44. The molecule has 0 fully saturated rings. The number of nitrogens with one attached hydrogen (secondary N) is 1. The fourth-order valence-electron chi connectivity index (χ4n) is 3.33. The third-order valence-corrected chi connectivity index (χ3v) is 5.47. The van der Waals surface area contributed by atoms with Crippen molar-refractivity contribution < 1.29 is 24.5 Å². The van der Waals surface area contributed by atoms with Crippen molar-refractivity contribution in [2.45, 2.75) is 13.8 Å². The largest absolute Gasteiger partial charge is 0.511 e. The molecule has 0 saturated carbocycles. The molecule has 0 atom stereocenters. The number of nitrogens with zero attached hydrogens (tertiary/aromatic N) is 3. The van der Waals surface area contributed by atoms with Crippen LogP contribution >= 0.6 is 11.6 Å². The van der Waals surface area contributed by atoms with Gasteiger partial charge < -0.3 is 14.9 Å². The first-order valence-corrected chi connectivity index (χ1v) is 10.5. The molecule has 1 amide bonds. The summed E-state index contributed by atoms with van der Waals surface area (Å²) in [7, 11) is 0. The van der Waals surface area contributed by atoms with Crippen molar-refractivity contribution in [2.24, 2.45) is 10.2 Å². The second-order valence-electron chi connectivity index (χ2n) is 7.41.